The predicted molar refractivity (Wildman–Crippen MR) is 118 cm³/mol. The van der Waals surface area contributed by atoms with E-state index < -0.39 is 6.04 Å². The number of rotatable bonds is 10. The lowest BCUT2D eigenvalue weighted by atomic mass is 9.74. The Bertz CT molecular complexity index is 734. The molecule has 2 fully saturated rings. The Balaban J connectivity index is 1.82. The van der Waals surface area contributed by atoms with E-state index in [4.69, 9.17) is 15.2 Å². The van der Waals surface area contributed by atoms with Crippen molar-refractivity contribution in [3.05, 3.63) is 23.8 Å². The molecule has 0 spiro atoms. The normalized spacial score (nSPS) is 24.9. The van der Waals surface area contributed by atoms with E-state index in [1.54, 1.807) is 7.11 Å². The van der Waals surface area contributed by atoms with Crippen LogP contribution in [0.4, 0.5) is 0 Å². The maximum atomic E-state index is 13.0. The molecule has 3 N–H and O–H groups in total. The molecule has 168 valence electrons. The largest absolute Gasteiger partial charge is 0.493 e. The van der Waals surface area contributed by atoms with Crippen LogP contribution in [-0.4, -0.2) is 55.4 Å². The van der Waals surface area contributed by atoms with Crippen LogP contribution in [-0.2, 0) is 4.79 Å². The van der Waals surface area contributed by atoms with Gasteiger partial charge in [-0.15, -0.1) is 0 Å². The number of hydrogen-bond donors (Lipinski definition) is 2. The monoisotopic (exact) mass is 418 g/mol. The molecule has 1 aliphatic carbocycles. The SMILES string of the molecule is COc1ccc([C@@H]2CN(C(=O)[C@@H](N)CC(C)C)C[C@@]2(C)CCO)cc1OCC1CC1. The summed E-state index contributed by atoms with van der Waals surface area (Å²) in [6.07, 6.45) is 3.77. The molecule has 1 aromatic carbocycles. The second-order valence-corrected chi connectivity index (χ2v) is 9.80. The summed E-state index contributed by atoms with van der Waals surface area (Å²) in [6.45, 7) is 8.33. The lowest BCUT2D eigenvalue weighted by Crippen LogP contribution is -2.44. The second-order valence-electron chi connectivity index (χ2n) is 9.80. The van der Waals surface area contributed by atoms with Crippen LogP contribution in [0.15, 0.2) is 18.2 Å². The van der Waals surface area contributed by atoms with E-state index in [9.17, 15) is 9.90 Å². The van der Waals surface area contributed by atoms with E-state index in [0.717, 1.165) is 17.1 Å². The Kier molecular flexibility index (Phi) is 7.30. The predicted octanol–water partition coefficient (Wildman–Crippen LogP) is 3.17. The molecule has 1 saturated heterocycles. The summed E-state index contributed by atoms with van der Waals surface area (Å²) in [7, 11) is 1.65. The highest BCUT2D eigenvalue weighted by atomic mass is 16.5. The van der Waals surface area contributed by atoms with Crippen LogP contribution in [0, 0.1) is 17.3 Å². The van der Waals surface area contributed by atoms with Crippen molar-refractivity contribution in [3.8, 4) is 11.5 Å². The van der Waals surface area contributed by atoms with Crippen molar-refractivity contribution in [1.29, 1.82) is 0 Å². The minimum Gasteiger partial charge on any atom is -0.493 e. The van der Waals surface area contributed by atoms with Gasteiger partial charge in [-0.1, -0.05) is 26.8 Å². The number of nitrogens with zero attached hydrogens (tertiary/aromatic N) is 1. The molecule has 1 amide bonds. The number of carbonyl (C=O) groups is 1. The number of likely N-dealkylation sites (tertiary alicyclic amines) is 1. The van der Waals surface area contributed by atoms with Crippen molar-refractivity contribution in [1.82, 2.24) is 4.90 Å². The standard InChI is InChI=1S/C24H38N2O4/c1-16(2)11-20(25)23(28)26-13-19(24(3,15-26)9-10-27)18-7-8-21(29-4)22(12-18)30-14-17-5-6-17/h7-8,12,16-17,19-20,27H,5-6,9-11,13-15,25H2,1-4H3/t19-,20-,24+/m0/s1. The van der Waals surface area contributed by atoms with E-state index >= 15 is 0 Å². The zero-order valence-corrected chi connectivity index (χ0v) is 18.9. The van der Waals surface area contributed by atoms with Crippen molar-refractivity contribution in [2.75, 3.05) is 33.4 Å². The third-order valence-corrected chi connectivity index (χ3v) is 6.59. The molecular weight excluding hydrogens is 380 g/mol. The van der Waals surface area contributed by atoms with Crippen LogP contribution in [0.1, 0.15) is 57.9 Å². The van der Waals surface area contributed by atoms with Crippen molar-refractivity contribution in [2.45, 2.75) is 58.4 Å². The van der Waals surface area contributed by atoms with E-state index in [1.807, 2.05) is 11.0 Å². The fourth-order valence-corrected chi connectivity index (χ4v) is 4.59. The molecule has 3 atom stereocenters. The van der Waals surface area contributed by atoms with E-state index in [2.05, 4.69) is 32.9 Å². The quantitative estimate of drug-likeness (QED) is 0.610. The summed E-state index contributed by atoms with van der Waals surface area (Å²) < 4.78 is 11.6. The molecule has 30 heavy (non-hydrogen) atoms. The maximum absolute atomic E-state index is 13.0. The Morgan fingerprint density at radius 3 is 2.67 bits per heavy atom. The zero-order chi connectivity index (χ0) is 21.9. The average Bonchev–Trinajstić information content (AvgIpc) is 3.47. The number of amides is 1. The van der Waals surface area contributed by atoms with Gasteiger partial charge in [0, 0.05) is 25.6 Å². The molecule has 0 radical (unpaired) electrons. The van der Waals surface area contributed by atoms with Crippen molar-refractivity contribution >= 4 is 5.91 Å². The van der Waals surface area contributed by atoms with Crippen LogP contribution in [0.25, 0.3) is 0 Å². The van der Waals surface area contributed by atoms with Gasteiger partial charge in [0.05, 0.1) is 19.8 Å². The number of ether oxygens (including phenoxy) is 2. The number of carbonyl (C=O) groups excluding carboxylic acids is 1. The van der Waals surface area contributed by atoms with Gasteiger partial charge in [0.2, 0.25) is 5.91 Å². The van der Waals surface area contributed by atoms with Crippen molar-refractivity contribution < 1.29 is 19.4 Å². The topological polar surface area (TPSA) is 85.0 Å². The third kappa shape index (κ3) is 5.27. The molecule has 1 aliphatic heterocycles. The van der Waals surface area contributed by atoms with E-state index in [-0.39, 0.29) is 23.8 Å². The average molecular weight is 419 g/mol. The first kappa shape index (κ1) is 22.9. The summed E-state index contributed by atoms with van der Waals surface area (Å²) in [5, 5.41) is 9.73. The van der Waals surface area contributed by atoms with Crippen LogP contribution in [0.5, 0.6) is 11.5 Å². The van der Waals surface area contributed by atoms with E-state index in [1.165, 1.54) is 12.8 Å². The summed E-state index contributed by atoms with van der Waals surface area (Å²) >= 11 is 0. The molecule has 0 bridgehead atoms. The molecule has 6 heteroatoms. The summed E-state index contributed by atoms with van der Waals surface area (Å²) in [5.41, 5.74) is 7.10. The fraction of sp³-hybridized carbons (Fsp3) is 0.708. The molecule has 1 aromatic rings. The van der Waals surface area contributed by atoms with Crippen molar-refractivity contribution in [3.63, 3.8) is 0 Å². The Hall–Kier alpha value is -1.79. The van der Waals surface area contributed by atoms with Gasteiger partial charge in [0.1, 0.15) is 0 Å². The highest BCUT2D eigenvalue weighted by molar-refractivity contribution is 5.82. The van der Waals surface area contributed by atoms with Crippen molar-refractivity contribution in [2.24, 2.45) is 23.0 Å². The lowest BCUT2D eigenvalue weighted by Gasteiger charge is -2.30. The van der Waals surface area contributed by atoms with Gasteiger partial charge in [-0.25, -0.2) is 0 Å². The zero-order valence-electron chi connectivity index (χ0n) is 18.9. The molecule has 3 rings (SSSR count). The summed E-state index contributed by atoms with van der Waals surface area (Å²) in [6, 6.07) is 5.59. The molecular formula is C24H38N2O4. The van der Waals surface area contributed by atoms with Gasteiger partial charge in [-0.2, -0.15) is 0 Å². The number of nitrogens with two attached hydrogens (primary N) is 1. The lowest BCUT2D eigenvalue weighted by molar-refractivity contribution is -0.132. The summed E-state index contributed by atoms with van der Waals surface area (Å²) in [4.78, 5) is 14.9. The first-order valence-electron chi connectivity index (χ1n) is 11.2. The molecule has 2 aliphatic rings. The number of aliphatic hydroxyl groups is 1. The number of aliphatic hydroxyl groups excluding tert-OH is 1. The fourth-order valence-electron chi connectivity index (χ4n) is 4.59. The second kappa shape index (κ2) is 9.56. The molecule has 0 aromatic heterocycles. The van der Waals surface area contributed by atoms with Gasteiger partial charge in [0.15, 0.2) is 11.5 Å². The number of methoxy groups -OCH3 is 1. The van der Waals surface area contributed by atoms with Gasteiger partial charge in [-0.3, -0.25) is 4.79 Å². The minimum atomic E-state index is -0.476. The Morgan fingerprint density at radius 1 is 1.33 bits per heavy atom. The first-order valence-corrected chi connectivity index (χ1v) is 11.2. The minimum absolute atomic E-state index is 0.00841. The Labute approximate surface area is 180 Å². The van der Waals surface area contributed by atoms with E-state index in [0.29, 0.717) is 44.4 Å². The molecule has 0 unspecified atom stereocenters. The van der Waals surface area contributed by atoms with Crippen LogP contribution < -0.4 is 15.2 Å². The van der Waals surface area contributed by atoms with Gasteiger partial charge in [-0.05, 0) is 60.6 Å². The smallest absolute Gasteiger partial charge is 0.239 e. The molecule has 1 saturated carbocycles. The Morgan fingerprint density at radius 2 is 2.07 bits per heavy atom. The maximum Gasteiger partial charge on any atom is 0.239 e. The molecule has 1 heterocycles. The summed E-state index contributed by atoms with van der Waals surface area (Å²) in [5.74, 6) is 2.63. The van der Waals surface area contributed by atoms with Crippen LogP contribution >= 0.6 is 0 Å². The highest BCUT2D eigenvalue weighted by Crippen LogP contribution is 2.47. The number of hydrogen-bond acceptors (Lipinski definition) is 5. The van der Waals surface area contributed by atoms with Gasteiger partial charge < -0.3 is 25.2 Å². The highest BCUT2D eigenvalue weighted by Gasteiger charge is 2.45. The first-order chi connectivity index (χ1) is 14.3. The molecule has 6 nitrogen and oxygen atoms in total. The van der Waals surface area contributed by atoms with Crippen LogP contribution in [0.3, 0.4) is 0 Å². The van der Waals surface area contributed by atoms with Gasteiger partial charge >= 0.3 is 0 Å². The van der Waals surface area contributed by atoms with Crippen LogP contribution in [0.2, 0.25) is 0 Å². The van der Waals surface area contributed by atoms with Gasteiger partial charge in [0.25, 0.3) is 0 Å². The number of benzene rings is 1. The third-order valence-electron chi connectivity index (χ3n) is 6.59.